The Labute approximate surface area is 397 Å². The zero-order valence-corrected chi connectivity index (χ0v) is 42.6. The van der Waals surface area contributed by atoms with Crippen molar-refractivity contribution in [2.24, 2.45) is 0 Å². The average molecular weight is 897 g/mol. The Morgan fingerprint density at radius 2 is 0.609 bits per heavy atom. The van der Waals surface area contributed by atoms with E-state index < -0.39 is 6.10 Å². The van der Waals surface area contributed by atoms with Crippen molar-refractivity contribution in [3.8, 4) is 0 Å². The third kappa shape index (κ3) is 50.4. The van der Waals surface area contributed by atoms with E-state index >= 15 is 0 Å². The number of hydrogen-bond acceptors (Lipinski definition) is 6. The Morgan fingerprint density at radius 1 is 0.328 bits per heavy atom. The quantitative estimate of drug-likeness (QED) is 0.0262. The van der Waals surface area contributed by atoms with E-state index in [1.54, 1.807) is 0 Å². The van der Waals surface area contributed by atoms with Crippen molar-refractivity contribution in [2.75, 3.05) is 13.2 Å². The minimum atomic E-state index is -0.785. The lowest BCUT2D eigenvalue weighted by molar-refractivity contribution is -0.167. The smallest absolute Gasteiger partial charge is 0.306 e. The Bertz CT molecular complexity index is 1120. The van der Waals surface area contributed by atoms with Gasteiger partial charge in [-0.15, -0.1) is 0 Å². The van der Waals surface area contributed by atoms with E-state index in [1.807, 2.05) is 0 Å². The molecule has 0 aliphatic heterocycles. The number of esters is 3. The zero-order chi connectivity index (χ0) is 46.5. The number of carbonyl (C=O) groups is 3. The summed E-state index contributed by atoms with van der Waals surface area (Å²) >= 11 is 0. The molecule has 64 heavy (non-hydrogen) atoms. The molecule has 6 heteroatoms. The lowest BCUT2D eigenvalue weighted by Gasteiger charge is -2.18. The van der Waals surface area contributed by atoms with Crippen LogP contribution in [0.1, 0.15) is 284 Å². The van der Waals surface area contributed by atoms with E-state index in [-0.39, 0.29) is 31.1 Å². The van der Waals surface area contributed by atoms with E-state index in [9.17, 15) is 14.4 Å². The molecule has 0 N–H and O–H groups in total. The first-order valence-electron chi connectivity index (χ1n) is 27.6. The van der Waals surface area contributed by atoms with Gasteiger partial charge in [0.25, 0.3) is 0 Å². The lowest BCUT2D eigenvalue weighted by atomic mass is 10.1. The van der Waals surface area contributed by atoms with Gasteiger partial charge in [0.1, 0.15) is 13.2 Å². The van der Waals surface area contributed by atoms with Gasteiger partial charge in [-0.05, 0) is 96.3 Å². The van der Waals surface area contributed by atoms with Crippen LogP contribution in [0, 0.1) is 0 Å². The molecule has 372 valence electrons. The second-order valence-electron chi connectivity index (χ2n) is 18.5. The molecule has 0 rings (SSSR count). The van der Waals surface area contributed by atoms with Crippen molar-refractivity contribution in [3.63, 3.8) is 0 Å². The van der Waals surface area contributed by atoms with Crippen LogP contribution in [0.15, 0.2) is 48.6 Å². The molecule has 1 atom stereocenters. The largest absolute Gasteiger partial charge is 0.462 e. The van der Waals surface area contributed by atoms with Gasteiger partial charge in [0, 0.05) is 19.3 Å². The Kier molecular flexibility index (Phi) is 50.8. The molecule has 0 heterocycles. The van der Waals surface area contributed by atoms with Gasteiger partial charge in [-0.2, -0.15) is 0 Å². The Morgan fingerprint density at radius 3 is 0.953 bits per heavy atom. The number of unbranched alkanes of at least 4 members (excludes halogenated alkanes) is 31. The highest BCUT2D eigenvalue weighted by molar-refractivity contribution is 5.71. The number of rotatable bonds is 50. The molecule has 0 aliphatic rings. The maximum absolute atomic E-state index is 12.8. The molecule has 1 unspecified atom stereocenters. The van der Waals surface area contributed by atoms with Gasteiger partial charge in [-0.3, -0.25) is 14.4 Å². The summed E-state index contributed by atoms with van der Waals surface area (Å²) in [5, 5.41) is 0. The van der Waals surface area contributed by atoms with Gasteiger partial charge in [0.2, 0.25) is 0 Å². The number of hydrogen-bond donors (Lipinski definition) is 0. The maximum atomic E-state index is 12.8. The van der Waals surface area contributed by atoms with Gasteiger partial charge in [0.05, 0.1) is 0 Å². The summed E-state index contributed by atoms with van der Waals surface area (Å²) in [6.07, 6.45) is 63.9. The predicted molar refractivity (Wildman–Crippen MR) is 275 cm³/mol. The summed E-state index contributed by atoms with van der Waals surface area (Å²) in [6.45, 7) is 6.52. The highest BCUT2D eigenvalue weighted by atomic mass is 16.6. The van der Waals surface area contributed by atoms with Crippen molar-refractivity contribution >= 4 is 17.9 Å². The summed E-state index contributed by atoms with van der Waals surface area (Å²) in [7, 11) is 0. The van der Waals surface area contributed by atoms with Crippen LogP contribution in [0.3, 0.4) is 0 Å². The molecule has 0 aromatic carbocycles. The second-order valence-corrected chi connectivity index (χ2v) is 18.5. The van der Waals surface area contributed by atoms with Crippen LogP contribution >= 0.6 is 0 Å². The molecule has 0 aromatic rings. The fourth-order valence-electron chi connectivity index (χ4n) is 7.88. The van der Waals surface area contributed by atoms with Crippen LogP contribution in [-0.4, -0.2) is 37.2 Å². The minimum absolute atomic E-state index is 0.0843. The summed E-state index contributed by atoms with van der Waals surface area (Å²) in [5.41, 5.74) is 0. The van der Waals surface area contributed by atoms with E-state index in [0.29, 0.717) is 19.3 Å². The van der Waals surface area contributed by atoms with Crippen LogP contribution in [0.4, 0.5) is 0 Å². The predicted octanol–water partition coefficient (Wildman–Crippen LogP) is 18.3. The van der Waals surface area contributed by atoms with Gasteiger partial charge < -0.3 is 14.2 Å². The third-order valence-electron chi connectivity index (χ3n) is 12.0. The number of ether oxygens (including phenoxy) is 3. The van der Waals surface area contributed by atoms with Crippen LogP contribution in [0.25, 0.3) is 0 Å². The van der Waals surface area contributed by atoms with Crippen molar-refractivity contribution in [3.05, 3.63) is 48.6 Å². The monoisotopic (exact) mass is 897 g/mol. The van der Waals surface area contributed by atoms with Crippen LogP contribution in [0.5, 0.6) is 0 Å². The van der Waals surface area contributed by atoms with Crippen molar-refractivity contribution in [1.29, 1.82) is 0 Å². The highest BCUT2D eigenvalue weighted by Gasteiger charge is 2.19. The third-order valence-corrected chi connectivity index (χ3v) is 12.0. The van der Waals surface area contributed by atoms with Gasteiger partial charge in [-0.25, -0.2) is 0 Å². The molecule has 0 saturated heterocycles. The summed E-state index contributed by atoms with van der Waals surface area (Å²) in [4.78, 5) is 38.0. The molecule has 0 amide bonds. The number of carbonyl (C=O) groups excluding carboxylic acids is 3. The Hall–Kier alpha value is -2.63. The molecule has 0 aliphatic carbocycles. The minimum Gasteiger partial charge on any atom is -0.462 e. The molecule has 0 bridgehead atoms. The average Bonchev–Trinajstić information content (AvgIpc) is 3.29. The SMILES string of the molecule is CC/C=C\C/C=C\CCCCCCCC(=O)OCC(COC(=O)CCCCCCC/C=C\CCCCCCCCCCC)OC(=O)CCCCCCC/C=C\CCCCCCCCC. The molecule has 6 nitrogen and oxygen atoms in total. The van der Waals surface area contributed by atoms with Crippen molar-refractivity contribution < 1.29 is 28.6 Å². The highest BCUT2D eigenvalue weighted by Crippen LogP contribution is 2.15. The second kappa shape index (κ2) is 53.0. The molecule has 0 spiro atoms. The van der Waals surface area contributed by atoms with E-state index in [1.165, 1.54) is 141 Å². The molecule has 0 radical (unpaired) electrons. The van der Waals surface area contributed by atoms with E-state index in [0.717, 1.165) is 103 Å². The Balaban J connectivity index is 4.37. The van der Waals surface area contributed by atoms with E-state index in [4.69, 9.17) is 14.2 Å². The first-order chi connectivity index (χ1) is 31.5. The molecule has 0 aromatic heterocycles. The summed E-state index contributed by atoms with van der Waals surface area (Å²) in [6, 6.07) is 0. The summed E-state index contributed by atoms with van der Waals surface area (Å²) in [5.74, 6) is -0.906. The number of allylic oxidation sites excluding steroid dienone is 8. The van der Waals surface area contributed by atoms with Gasteiger partial charge in [0.15, 0.2) is 6.10 Å². The molecular weight excluding hydrogens is 793 g/mol. The molecular formula is C58H104O6. The van der Waals surface area contributed by atoms with E-state index in [2.05, 4.69) is 69.4 Å². The fraction of sp³-hybridized carbons (Fsp3) is 0.810. The van der Waals surface area contributed by atoms with Crippen molar-refractivity contribution in [1.82, 2.24) is 0 Å². The van der Waals surface area contributed by atoms with Crippen LogP contribution in [0.2, 0.25) is 0 Å². The molecule has 0 saturated carbocycles. The first-order valence-corrected chi connectivity index (χ1v) is 27.6. The summed E-state index contributed by atoms with van der Waals surface area (Å²) < 4.78 is 16.8. The van der Waals surface area contributed by atoms with Gasteiger partial charge >= 0.3 is 17.9 Å². The standard InChI is InChI=1S/C58H104O6/c1-4-7-10-13-16-19-22-25-27-29-30-32-33-36-39-42-45-48-51-57(60)63-54-55(53-62-56(59)50-47-44-41-38-35-24-21-18-15-12-9-6-3)64-58(61)52-49-46-43-40-37-34-31-28-26-23-20-17-14-11-8-5-2/h9,12,18,21,28,30-32,55H,4-8,10-11,13-17,19-20,22-27,29,33-54H2,1-3H3/b12-9-,21-18-,31-28-,32-30-. The van der Waals surface area contributed by atoms with Crippen LogP contribution < -0.4 is 0 Å². The lowest BCUT2D eigenvalue weighted by Crippen LogP contribution is -2.30. The van der Waals surface area contributed by atoms with Crippen molar-refractivity contribution in [2.45, 2.75) is 290 Å². The maximum Gasteiger partial charge on any atom is 0.306 e. The van der Waals surface area contributed by atoms with Crippen LogP contribution in [-0.2, 0) is 28.6 Å². The normalized spacial score (nSPS) is 12.4. The topological polar surface area (TPSA) is 78.9 Å². The molecule has 0 fully saturated rings. The first kappa shape index (κ1) is 61.4. The zero-order valence-electron chi connectivity index (χ0n) is 42.6. The van der Waals surface area contributed by atoms with Gasteiger partial charge in [-0.1, -0.05) is 217 Å². The fourth-order valence-corrected chi connectivity index (χ4v) is 7.88.